The van der Waals surface area contributed by atoms with Gasteiger partial charge in [-0.2, -0.15) is 35.1 Å². The fourth-order valence-corrected chi connectivity index (χ4v) is 1.02. The van der Waals surface area contributed by atoms with Crippen LogP contribution < -0.4 is 0 Å². The van der Waals surface area contributed by atoms with E-state index < -0.39 is 30.2 Å². The molecule has 10 heteroatoms. The van der Waals surface area contributed by atoms with Gasteiger partial charge in [0, 0.05) is 0 Å². The zero-order chi connectivity index (χ0) is 12.3. The minimum atomic E-state index is -6.37. The van der Waals surface area contributed by atoms with Crippen LogP contribution in [-0.2, 0) is 4.74 Å². The molecule has 1 nitrogen and oxygen atoms in total. The van der Waals surface area contributed by atoms with Crippen LogP contribution >= 0.6 is 0 Å². The van der Waals surface area contributed by atoms with Crippen LogP contribution in [0.5, 0.6) is 0 Å². The molecule has 90 valence electrons. The van der Waals surface area contributed by atoms with Crippen molar-refractivity contribution in [1.82, 2.24) is 0 Å². The van der Waals surface area contributed by atoms with Crippen LogP contribution in [0.25, 0.3) is 0 Å². The second-order valence-electron chi connectivity index (χ2n) is 2.77. The van der Waals surface area contributed by atoms with E-state index >= 15 is 0 Å². The summed E-state index contributed by atoms with van der Waals surface area (Å²) in [6, 6.07) is 0. The second-order valence-corrected chi connectivity index (χ2v) is 2.77. The van der Waals surface area contributed by atoms with Crippen molar-refractivity contribution in [3.8, 4) is 0 Å². The number of alkyl halides is 9. The molecule has 1 fully saturated rings. The summed E-state index contributed by atoms with van der Waals surface area (Å²) in [6.45, 7) is 0. The van der Waals surface area contributed by atoms with Gasteiger partial charge in [-0.15, -0.1) is 0 Å². The van der Waals surface area contributed by atoms with Gasteiger partial charge in [-0.3, -0.25) is 0 Å². The molecule has 0 aromatic rings. The molecule has 0 radical (unpaired) electrons. The molecule has 0 aromatic heterocycles. The first kappa shape index (κ1) is 12.4. The van der Waals surface area contributed by atoms with Crippen molar-refractivity contribution in [2.45, 2.75) is 30.2 Å². The number of rotatable bonds is 0. The SMILES string of the molecule is FC(F)(F)C1OC(F)(F)C1(F)C(F)(F)F. The van der Waals surface area contributed by atoms with E-state index in [4.69, 9.17) is 0 Å². The van der Waals surface area contributed by atoms with Crippen molar-refractivity contribution in [2.24, 2.45) is 0 Å². The number of ether oxygens (including phenoxy) is 1. The van der Waals surface area contributed by atoms with Crippen molar-refractivity contribution >= 4 is 0 Å². The Morgan fingerprint density at radius 2 is 1.27 bits per heavy atom. The molecule has 1 heterocycles. The molecule has 15 heavy (non-hydrogen) atoms. The van der Waals surface area contributed by atoms with Gasteiger partial charge in [-0.25, -0.2) is 4.39 Å². The molecule has 1 aliphatic heterocycles. The number of hydrogen-bond donors (Lipinski definition) is 0. The maximum atomic E-state index is 12.6. The Hall–Kier alpha value is -0.670. The van der Waals surface area contributed by atoms with Crippen LogP contribution in [0.1, 0.15) is 0 Å². The van der Waals surface area contributed by atoms with E-state index in [0.717, 1.165) is 0 Å². The lowest BCUT2D eigenvalue weighted by Crippen LogP contribution is -2.78. The molecule has 1 rings (SSSR count). The van der Waals surface area contributed by atoms with Crippen LogP contribution in [0.15, 0.2) is 0 Å². The summed E-state index contributed by atoms with van der Waals surface area (Å²) >= 11 is 0. The zero-order valence-corrected chi connectivity index (χ0v) is 6.39. The molecule has 1 aliphatic rings. The summed E-state index contributed by atoms with van der Waals surface area (Å²) in [5.74, 6) is 0. The average molecular weight is 248 g/mol. The molecule has 0 bridgehead atoms. The molecular weight excluding hydrogens is 247 g/mol. The monoisotopic (exact) mass is 248 g/mol. The van der Waals surface area contributed by atoms with E-state index in [1.165, 1.54) is 0 Å². The molecule has 0 aliphatic carbocycles. The highest BCUT2D eigenvalue weighted by atomic mass is 19.4. The molecule has 0 aromatic carbocycles. The topological polar surface area (TPSA) is 9.23 Å². The lowest BCUT2D eigenvalue weighted by molar-refractivity contribution is -0.526. The van der Waals surface area contributed by atoms with Crippen LogP contribution in [0, 0.1) is 0 Å². The van der Waals surface area contributed by atoms with Gasteiger partial charge in [0.2, 0.25) is 6.10 Å². The van der Waals surface area contributed by atoms with E-state index in [-0.39, 0.29) is 0 Å². The third kappa shape index (κ3) is 1.45. The Bertz CT molecular complexity index is 253. The predicted octanol–water partition coefficient (Wildman–Crippen LogP) is 2.81. The highest BCUT2D eigenvalue weighted by Gasteiger charge is 2.89. The Balaban J connectivity index is 3.11. The minimum absolute atomic E-state index is 2.58. The van der Waals surface area contributed by atoms with Crippen molar-refractivity contribution < 1.29 is 44.3 Å². The molecule has 1 saturated heterocycles. The van der Waals surface area contributed by atoms with Gasteiger partial charge in [0.1, 0.15) is 0 Å². The first-order valence-electron chi connectivity index (χ1n) is 3.22. The Labute approximate surface area is 75.8 Å². The van der Waals surface area contributed by atoms with E-state index in [1.54, 1.807) is 0 Å². The van der Waals surface area contributed by atoms with E-state index in [1.807, 2.05) is 0 Å². The molecule has 2 atom stereocenters. The maximum absolute atomic E-state index is 12.6. The summed E-state index contributed by atoms with van der Waals surface area (Å²) < 4.78 is 109. The van der Waals surface area contributed by atoms with Crippen LogP contribution in [0.2, 0.25) is 0 Å². The van der Waals surface area contributed by atoms with E-state index in [0.29, 0.717) is 0 Å². The molecule has 0 spiro atoms. The number of hydrogen-bond acceptors (Lipinski definition) is 1. The summed E-state index contributed by atoms with van der Waals surface area (Å²) in [7, 11) is 0. The first-order valence-corrected chi connectivity index (χ1v) is 3.22. The summed E-state index contributed by atoms with van der Waals surface area (Å²) in [5.41, 5.74) is -5.72. The lowest BCUT2D eigenvalue weighted by Gasteiger charge is -2.49. The fourth-order valence-electron chi connectivity index (χ4n) is 1.02. The second kappa shape index (κ2) is 2.71. The first-order chi connectivity index (χ1) is 6.34. The van der Waals surface area contributed by atoms with Crippen molar-refractivity contribution in [2.75, 3.05) is 0 Å². The number of halogens is 9. The summed E-state index contributed by atoms with van der Waals surface area (Å²) in [5, 5.41) is 0. The highest BCUT2D eigenvalue weighted by Crippen LogP contribution is 2.60. The third-order valence-electron chi connectivity index (χ3n) is 1.76. The fraction of sp³-hybridized carbons (Fsp3) is 1.00. The zero-order valence-electron chi connectivity index (χ0n) is 6.39. The van der Waals surface area contributed by atoms with Gasteiger partial charge in [0.05, 0.1) is 0 Å². The Morgan fingerprint density at radius 3 is 1.40 bits per heavy atom. The smallest absolute Gasteiger partial charge is 0.300 e. The van der Waals surface area contributed by atoms with E-state index in [9.17, 15) is 39.5 Å². The van der Waals surface area contributed by atoms with Gasteiger partial charge in [-0.05, 0) is 0 Å². The van der Waals surface area contributed by atoms with Gasteiger partial charge in [0.25, 0.3) is 0 Å². The third-order valence-corrected chi connectivity index (χ3v) is 1.76. The average Bonchev–Trinajstić information content (AvgIpc) is 1.95. The largest absolute Gasteiger partial charge is 0.434 e. The molecule has 2 unspecified atom stereocenters. The van der Waals surface area contributed by atoms with Crippen molar-refractivity contribution in [1.29, 1.82) is 0 Å². The van der Waals surface area contributed by atoms with Gasteiger partial charge in [0.15, 0.2) is 0 Å². The van der Waals surface area contributed by atoms with Gasteiger partial charge >= 0.3 is 24.1 Å². The predicted molar refractivity (Wildman–Crippen MR) is 25.8 cm³/mol. The van der Waals surface area contributed by atoms with Gasteiger partial charge < -0.3 is 4.74 Å². The molecular formula is C5HF9O. The quantitative estimate of drug-likeness (QED) is 0.599. The molecule has 0 saturated carbocycles. The van der Waals surface area contributed by atoms with Crippen molar-refractivity contribution in [3.05, 3.63) is 0 Å². The minimum Gasteiger partial charge on any atom is -0.300 e. The van der Waals surface area contributed by atoms with Crippen LogP contribution in [-0.4, -0.2) is 30.2 Å². The summed E-state index contributed by atoms with van der Waals surface area (Å²) in [6.07, 6.45) is -21.9. The van der Waals surface area contributed by atoms with Crippen LogP contribution in [0.3, 0.4) is 0 Å². The standard InChI is InChI=1S/C5HF9O/c6-2(4(10,11)12)1(3(7,8)9)15-5(2,13)14/h1H. The highest BCUT2D eigenvalue weighted by molar-refractivity contribution is 5.11. The van der Waals surface area contributed by atoms with E-state index in [2.05, 4.69) is 4.74 Å². The van der Waals surface area contributed by atoms with Gasteiger partial charge in [-0.1, -0.05) is 0 Å². The molecule has 0 N–H and O–H groups in total. The lowest BCUT2D eigenvalue weighted by atomic mass is 9.90. The normalized spacial score (nSPS) is 36.2. The Kier molecular flexibility index (Phi) is 2.24. The Morgan fingerprint density at radius 1 is 0.867 bits per heavy atom. The summed E-state index contributed by atoms with van der Waals surface area (Å²) in [4.78, 5) is 0. The van der Waals surface area contributed by atoms with Crippen LogP contribution in [0.4, 0.5) is 39.5 Å². The van der Waals surface area contributed by atoms with Crippen molar-refractivity contribution in [3.63, 3.8) is 0 Å². The molecule has 0 amide bonds. The maximum Gasteiger partial charge on any atom is 0.434 e.